The third kappa shape index (κ3) is 3.68. The van der Waals surface area contributed by atoms with Crippen LogP contribution in [-0.2, 0) is 11.8 Å². The predicted molar refractivity (Wildman–Crippen MR) is 94.5 cm³/mol. The number of carbonyl (C=O) groups is 1. The minimum Gasteiger partial charge on any atom is -0.326 e. The minimum absolute atomic E-state index is 0.00136. The molecule has 1 amide bonds. The molecule has 0 bridgehead atoms. The zero-order valence-corrected chi connectivity index (χ0v) is 13.8. The second kappa shape index (κ2) is 7.08. The average Bonchev–Trinajstić information content (AvgIpc) is 3.02. The van der Waals surface area contributed by atoms with Crippen molar-refractivity contribution in [3.63, 3.8) is 0 Å². The largest absolute Gasteiger partial charge is 0.326 e. The maximum atomic E-state index is 12.3. The van der Waals surface area contributed by atoms with Gasteiger partial charge in [0.2, 0.25) is 5.91 Å². The quantitative estimate of drug-likeness (QED) is 0.781. The molecule has 5 heteroatoms. The second-order valence-corrected chi connectivity index (χ2v) is 5.91. The highest BCUT2D eigenvalue weighted by molar-refractivity contribution is 5.91. The van der Waals surface area contributed by atoms with Gasteiger partial charge in [-0.25, -0.2) is 0 Å². The van der Waals surface area contributed by atoms with Crippen LogP contribution in [0.5, 0.6) is 0 Å². The average molecular weight is 320 g/mol. The number of anilines is 1. The SMILES string of the molecule is CC(CC(=O)Nc1cccc(-c2nncn2C)c1)c1ccccc1. The van der Waals surface area contributed by atoms with E-state index in [-0.39, 0.29) is 11.8 Å². The summed E-state index contributed by atoms with van der Waals surface area (Å²) in [4.78, 5) is 12.3. The lowest BCUT2D eigenvalue weighted by atomic mass is 9.97. The molecule has 0 radical (unpaired) electrons. The fourth-order valence-electron chi connectivity index (χ4n) is 2.67. The van der Waals surface area contributed by atoms with Gasteiger partial charge < -0.3 is 9.88 Å². The Kier molecular flexibility index (Phi) is 4.70. The van der Waals surface area contributed by atoms with Gasteiger partial charge in [-0.2, -0.15) is 0 Å². The normalized spacial score (nSPS) is 11.9. The van der Waals surface area contributed by atoms with Gasteiger partial charge in [-0.15, -0.1) is 10.2 Å². The van der Waals surface area contributed by atoms with E-state index in [1.165, 1.54) is 5.56 Å². The van der Waals surface area contributed by atoms with Crippen LogP contribution in [0.15, 0.2) is 60.9 Å². The van der Waals surface area contributed by atoms with Gasteiger partial charge in [0.1, 0.15) is 6.33 Å². The highest BCUT2D eigenvalue weighted by Gasteiger charge is 2.12. The fraction of sp³-hybridized carbons (Fsp3) is 0.211. The molecular weight excluding hydrogens is 300 g/mol. The molecule has 0 saturated heterocycles. The first kappa shape index (κ1) is 15.9. The number of carbonyl (C=O) groups excluding carboxylic acids is 1. The van der Waals surface area contributed by atoms with Crippen LogP contribution in [0.3, 0.4) is 0 Å². The van der Waals surface area contributed by atoms with E-state index >= 15 is 0 Å². The van der Waals surface area contributed by atoms with Crippen LogP contribution in [-0.4, -0.2) is 20.7 Å². The van der Waals surface area contributed by atoms with E-state index in [4.69, 9.17) is 0 Å². The molecule has 3 rings (SSSR count). The highest BCUT2D eigenvalue weighted by atomic mass is 16.1. The number of nitrogens with one attached hydrogen (secondary N) is 1. The molecule has 1 heterocycles. The molecule has 0 aliphatic rings. The van der Waals surface area contributed by atoms with Gasteiger partial charge in [0.15, 0.2) is 5.82 Å². The van der Waals surface area contributed by atoms with Crippen LogP contribution in [0.2, 0.25) is 0 Å². The van der Waals surface area contributed by atoms with Crippen molar-refractivity contribution in [3.05, 3.63) is 66.5 Å². The Hall–Kier alpha value is -2.95. The van der Waals surface area contributed by atoms with Crippen LogP contribution in [0, 0.1) is 0 Å². The van der Waals surface area contributed by atoms with E-state index < -0.39 is 0 Å². The topological polar surface area (TPSA) is 59.8 Å². The first-order valence-corrected chi connectivity index (χ1v) is 7.92. The number of benzene rings is 2. The first-order valence-electron chi connectivity index (χ1n) is 7.92. The summed E-state index contributed by atoms with van der Waals surface area (Å²) in [6.07, 6.45) is 2.10. The third-order valence-corrected chi connectivity index (χ3v) is 3.98. The lowest BCUT2D eigenvalue weighted by molar-refractivity contribution is -0.116. The van der Waals surface area contributed by atoms with Gasteiger partial charge in [-0.1, -0.05) is 49.4 Å². The number of aryl methyl sites for hydroxylation is 1. The Morgan fingerprint density at radius 1 is 1.17 bits per heavy atom. The van der Waals surface area contributed by atoms with Crippen molar-refractivity contribution < 1.29 is 4.79 Å². The Balaban J connectivity index is 1.68. The summed E-state index contributed by atoms with van der Waals surface area (Å²) in [5.74, 6) is 0.943. The summed E-state index contributed by atoms with van der Waals surface area (Å²) in [5, 5.41) is 10.9. The van der Waals surface area contributed by atoms with Crippen molar-refractivity contribution in [2.45, 2.75) is 19.3 Å². The lowest BCUT2D eigenvalue weighted by Crippen LogP contribution is -2.14. The first-order chi connectivity index (χ1) is 11.6. The number of hydrogen-bond donors (Lipinski definition) is 1. The second-order valence-electron chi connectivity index (χ2n) is 5.91. The van der Waals surface area contributed by atoms with Crippen molar-refractivity contribution in [1.29, 1.82) is 0 Å². The maximum Gasteiger partial charge on any atom is 0.224 e. The summed E-state index contributed by atoms with van der Waals surface area (Å²) in [7, 11) is 1.89. The molecule has 1 N–H and O–H groups in total. The molecule has 0 spiro atoms. The Bertz CT molecular complexity index is 826. The summed E-state index contributed by atoms with van der Waals surface area (Å²) >= 11 is 0. The molecular formula is C19H20N4O. The zero-order chi connectivity index (χ0) is 16.9. The van der Waals surface area contributed by atoms with Crippen molar-refractivity contribution in [2.24, 2.45) is 7.05 Å². The van der Waals surface area contributed by atoms with E-state index in [2.05, 4.69) is 22.4 Å². The van der Waals surface area contributed by atoms with E-state index in [1.807, 2.05) is 66.2 Å². The standard InChI is InChI=1S/C19H20N4O/c1-14(15-7-4-3-5-8-15)11-18(24)21-17-10-6-9-16(12-17)19-22-20-13-23(19)2/h3-10,12-14H,11H2,1-2H3,(H,21,24). The predicted octanol–water partition coefficient (Wildman–Crippen LogP) is 3.61. The van der Waals surface area contributed by atoms with Crippen molar-refractivity contribution in [3.8, 4) is 11.4 Å². The van der Waals surface area contributed by atoms with E-state index in [0.717, 1.165) is 17.1 Å². The Morgan fingerprint density at radius 2 is 1.96 bits per heavy atom. The molecule has 1 unspecified atom stereocenters. The molecule has 2 aromatic carbocycles. The molecule has 3 aromatic rings. The highest BCUT2D eigenvalue weighted by Crippen LogP contribution is 2.22. The molecule has 122 valence electrons. The van der Waals surface area contributed by atoms with Crippen LogP contribution in [0.1, 0.15) is 24.8 Å². The van der Waals surface area contributed by atoms with Crippen LogP contribution in [0.25, 0.3) is 11.4 Å². The van der Waals surface area contributed by atoms with Gasteiger partial charge in [-0.3, -0.25) is 4.79 Å². The number of rotatable bonds is 5. The lowest BCUT2D eigenvalue weighted by Gasteiger charge is -2.12. The van der Waals surface area contributed by atoms with E-state index in [0.29, 0.717) is 6.42 Å². The summed E-state index contributed by atoms with van der Waals surface area (Å²) in [6.45, 7) is 2.06. The number of hydrogen-bond acceptors (Lipinski definition) is 3. The van der Waals surface area contributed by atoms with Crippen molar-refractivity contribution in [2.75, 3.05) is 5.32 Å². The fourth-order valence-corrected chi connectivity index (χ4v) is 2.67. The van der Waals surface area contributed by atoms with Crippen LogP contribution < -0.4 is 5.32 Å². The van der Waals surface area contributed by atoms with Gasteiger partial charge in [0.05, 0.1) is 0 Å². The minimum atomic E-state index is 0.00136. The van der Waals surface area contributed by atoms with Gasteiger partial charge >= 0.3 is 0 Å². The third-order valence-electron chi connectivity index (χ3n) is 3.98. The molecule has 0 fully saturated rings. The zero-order valence-electron chi connectivity index (χ0n) is 13.8. The van der Waals surface area contributed by atoms with Gasteiger partial charge in [0.25, 0.3) is 0 Å². The number of aromatic nitrogens is 3. The van der Waals surface area contributed by atoms with Gasteiger partial charge in [0, 0.05) is 24.7 Å². The molecule has 1 aromatic heterocycles. The van der Waals surface area contributed by atoms with Crippen LogP contribution >= 0.6 is 0 Å². The Morgan fingerprint density at radius 3 is 2.67 bits per heavy atom. The smallest absolute Gasteiger partial charge is 0.224 e. The van der Waals surface area contributed by atoms with Crippen molar-refractivity contribution >= 4 is 11.6 Å². The molecule has 5 nitrogen and oxygen atoms in total. The maximum absolute atomic E-state index is 12.3. The van der Waals surface area contributed by atoms with E-state index in [9.17, 15) is 4.79 Å². The Labute approximate surface area is 141 Å². The summed E-state index contributed by atoms with van der Waals surface area (Å²) in [5.41, 5.74) is 2.85. The number of amides is 1. The monoisotopic (exact) mass is 320 g/mol. The number of nitrogens with zero attached hydrogens (tertiary/aromatic N) is 3. The molecule has 1 atom stereocenters. The summed E-state index contributed by atoms with van der Waals surface area (Å²) < 4.78 is 1.85. The molecule has 24 heavy (non-hydrogen) atoms. The molecule has 0 saturated carbocycles. The molecule has 0 aliphatic carbocycles. The van der Waals surface area contributed by atoms with Gasteiger partial charge in [-0.05, 0) is 23.6 Å². The molecule has 0 aliphatic heterocycles. The van der Waals surface area contributed by atoms with E-state index in [1.54, 1.807) is 6.33 Å². The van der Waals surface area contributed by atoms with Crippen LogP contribution in [0.4, 0.5) is 5.69 Å². The van der Waals surface area contributed by atoms with Crippen molar-refractivity contribution in [1.82, 2.24) is 14.8 Å². The summed E-state index contributed by atoms with van der Waals surface area (Å²) in [6, 6.07) is 17.7.